The van der Waals surface area contributed by atoms with Crippen molar-refractivity contribution in [3.05, 3.63) is 77.4 Å². The minimum Gasteiger partial charge on any atom is -0.495 e. The van der Waals surface area contributed by atoms with Crippen molar-refractivity contribution in [2.75, 3.05) is 45.6 Å². The summed E-state index contributed by atoms with van der Waals surface area (Å²) < 4.78 is 16.3. The Morgan fingerprint density at radius 1 is 0.837 bits per heavy atom. The Hall–Kier alpha value is -4.77. The van der Waals surface area contributed by atoms with Gasteiger partial charge in [0.25, 0.3) is 0 Å². The molecule has 0 bridgehead atoms. The molecule has 3 amide bonds. The van der Waals surface area contributed by atoms with E-state index >= 15 is 0 Å². The molecule has 230 valence electrons. The van der Waals surface area contributed by atoms with Gasteiger partial charge in [0, 0.05) is 25.2 Å². The number of para-hydroxylation sites is 1. The highest BCUT2D eigenvalue weighted by Gasteiger charge is 2.24. The molecule has 2 atom stereocenters. The zero-order chi connectivity index (χ0) is 31.5. The van der Waals surface area contributed by atoms with Crippen LogP contribution in [0.3, 0.4) is 0 Å². The number of aryl methyl sites for hydroxylation is 1. The van der Waals surface area contributed by atoms with Gasteiger partial charge in [-0.3, -0.25) is 14.5 Å². The number of rotatable bonds is 14. The lowest BCUT2D eigenvalue weighted by Gasteiger charge is -2.30. The minimum atomic E-state index is -0.940. The molecule has 11 nitrogen and oxygen atoms in total. The first-order valence-corrected chi connectivity index (χ1v) is 13.8. The Balaban J connectivity index is 1.79. The van der Waals surface area contributed by atoms with E-state index in [0.29, 0.717) is 41.6 Å². The van der Waals surface area contributed by atoms with Crippen molar-refractivity contribution in [1.29, 1.82) is 0 Å². The number of aliphatic carboxylic acids is 1. The number of carbonyl (C=O) groups excluding carboxylic acids is 2. The number of carboxylic acids is 1. The number of hydrogen-bond acceptors (Lipinski definition) is 7. The third kappa shape index (κ3) is 9.11. The van der Waals surface area contributed by atoms with Crippen molar-refractivity contribution in [2.24, 2.45) is 0 Å². The highest BCUT2D eigenvalue weighted by molar-refractivity contribution is 6.01. The first-order valence-electron chi connectivity index (χ1n) is 13.8. The van der Waals surface area contributed by atoms with E-state index in [1.54, 1.807) is 31.4 Å². The Labute approximate surface area is 252 Å². The van der Waals surface area contributed by atoms with Crippen LogP contribution in [-0.4, -0.2) is 62.8 Å². The molecule has 0 spiro atoms. The first-order chi connectivity index (χ1) is 20.6. The summed E-state index contributed by atoms with van der Waals surface area (Å²) in [7, 11) is 6.42. The topological polar surface area (TPSA) is 138 Å². The fraction of sp³-hybridized carbons (Fsp3) is 0.344. The summed E-state index contributed by atoms with van der Waals surface area (Å²) in [4.78, 5) is 38.5. The molecule has 0 aliphatic rings. The van der Waals surface area contributed by atoms with Crippen molar-refractivity contribution in [3.8, 4) is 17.2 Å². The van der Waals surface area contributed by atoms with Crippen LogP contribution in [0.4, 0.5) is 16.2 Å². The predicted octanol–water partition coefficient (Wildman–Crippen LogP) is 5.38. The molecule has 0 aliphatic heterocycles. The van der Waals surface area contributed by atoms with Crippen LogP contribution in [0.1, 0.15) is 48.5 Å². The van der Waals surface area contributed by atoms with Crippen LogP contribution in [0.15, 0.2) is 60.7 Å². The fourth-order valence-corrected chi connectivity index (χ4v) is 4.83. The molecule has 0 saturated heterocycles. The molecule has 0 aliphatic carbocycles. The number of methoxy groups -OCH3 is 3. The largest absolute Gasteiger partial charge is 0.495 e. The number of hydrogen-bond donors (Lipinski definition) is 4. The van der Waals surface area contributed by atoms with E-state index in [1.807, 2.05) is 55.3 Å². The van der Waals surface area contributed by atoms with Crippen LogP contribution in [0.2, 0.25) is 0 Å². The molecule has 3 rings (SSSR count). The second-order valence-corrected chi connectivity index (χ2v) is 10.1. The molecule has 0 heterocycles. The lowest BCUT2D eigenvalue weighted by molar-refractivity contribution is -0.138. The van der Waals surface area contributed by atoms with E-state index in [1.165, 1.54) is 21.1 Å². The molecule has 0 saturated carbocycles. The summed E-state index contributed by atoms with van der Waals surface area (Å²) in [6.45, 7) is 3.80. The molecule has 0 radical (unpaired) electrons. The van der Waals surface area contributed by atoms with Crippen LogP contribution in [0, 0.1) is 6.92 Å². The number of urea groups is 1. The summed E-state index contributed by atoms with van der Waals surface area (Å²) in [6.07, 6.45) is 0.346. The average molecular weight is 593 g/mol. The maximum Gasteiger partial charge on any atom is 0.323 e. The van der Waals surface area contributed by atoms with Crippen LogP contribution in [0.5, 0.6) is 17.2 Å². The maximum absolute atomic E-state index is 12.7. The van der Waals surface area contributed by atoms with Gasteiger partial charge < -0.3 is 35.3 Å². The van der Waals surface area contributed by atoms with Gasteiger partial charge in [-0.2, -0.15) is 0 Å². The van der Waals surface area contributed by atoms with Gasteiger partial charge in [0.15, 0.2) is 11.5 Å². The molecular weight excluding hydrogens is 552 g/mol. The second-order valence-electron chi connectivity index (χ2n) is 10.1. The number of amides is 3. The predicted molar refractivity (Wildman–Crippen MR) is 165 cm³/mol. The number of nitrogens with zero attached hydrogens (tertiary/aromatic N) is 1. The molecule has 3 aromatic rings. The van der Waals surface area contributed by atoms with E-state index in [-0.39, 0.29) is 12.3 Å². The highest BCUT2D eigenvalue weighted by atomic mass is 16.5. The Kier molecular flexibility index (Phi) is 11.8. The SMILES string of the molecule is COc1cc(C(CCN(C)C(CC(=O)O)c2ccc(OC)c(OC)c2)NC(C)=O)ccc1NC(=O)Nc1ccccc1C. The van der Waals surface area contributed by atoms with Crippen molar-refractivity contribution in [3.63, 3.8) is 0 Å². The van der Waals surface area contributed by atoms with Gasteiger partial charge in [-0.15, -0.1) is 0 Å². The molecule has 43 heavy (non-hydrogen) atoms. The average Bonchev–Trinajstić information content (AvgIpc) is 2.98. The normalized spacial score (nSPS) is 12.2. The van der Waals surface area contributed by atoms with Crippen LogP contribution < -0.4 is 30.2 Å². The van der Waals surface area contributed by atoms with E-state index in [2.05, 4.69) is 16.0 Å². The lowest BCUT2D eigenvalue weighted by atomic mass is 9.99. The quantitative estimate of drug-likeness (QED) is 0.196. The third-order valence-corrected chi connectivity index (χ3v) is 7.11. The standard InChI is InChI=1S/C32H40N4O7/c1-20-9-7-8-10-24(20)34-32(40)35-26-13-11-22(17-29(26)42-5)25(33-21(2)37)15-16-36(3)27(19-31(38)39)23-12-14-28(41-4)30(18-23)43-6/h7-14,17-18,25,27H,15-16,19H2,1-6H3,(H,33,37)(H,38,39)(H2,34,35,40). The monoisotopic (exact) mass is 592 g/mol. The number of ether oxygens (including phenoxy) is 3. The van der Waals surface area contributed by atoms with E-state index in [0.717, 1.165) is 16.7 Å². The van der Waals surface area contributed by atoms with Crippen LogP contribution in [0.25, 0.3) is 0 Å². The van der Waals surface area contributed by atoms with Crippen molar-refractivity contribution in [1.82, 2.24) is 10.2 Å². The maximum atomic E-state index is 12.7. The second kappa shape index (κ2) is 15.5. The Bertz CT molecular complexity index is 1430. The van der Waals surface area contributed by atoms with E-state index < -0.39 is 24.1 Å². The number of nitrogens with one attached hydrogen (secondary N) is 3. The van der Waals surface area contributed by atoms with Gasteiger partial charge in [-0.25, -0.2) is 4.79 Å². The number of benzene rings is 3. The fourth-order valence-electron chi connectivity index (χ4n) is 4.83. The van der Waals surface area contributed by atoms with Crippen LogP contribution >= 0.6 is 0 Å². The molecule has 11 heteroatoms. The zero-order valence-corrected chi connectivity index (χ0v) is 25.4. The highest BCUT2D eigenvalue weighted by Crippen LogP contribution is 2.34. The first kappa shape index (κ1) is 32.7. The van der Waals surface area contributed by atoms with Gasteiger partial charge >= 0.3 is 12.0 Å². The van der Waals surface area contributed by atoms with Crippen LogP contribution in [-0.2, 0) is 9.59 Å². The smallest absolute Gasteiger partial charge is 0.323 e. The van der Waals surface area contributed by atoms with Gasteiger partial charge in [-0.1, -0.05) is 30.3 Å². The summed E-state index contributed by atoms with van der Waals surface area (Å²) >= 11 is 0. The van der Waals surface area contributed by atoms with Gasteiger partial charge in [0.05, 0.1) is 39.5 Å². The minimum absolute atomic E-state index is 0.129. The summed E-state index contributed by atoms with van der Waals surface area (Å²) in [5, 5.41) is 18.3. The zero-order valence-electron chi connectivity index (χ0n) is 25.4. The van der Waals surface area contributed by atoms with Crippen molar-refractivity contribution in [2.45, 2.75) is 38.8 Å². The van der Waals surface area contributed by atoms with E-state index in [4.69, 9.17) is 14.2 Å². The van der Waals surface area contributed by atoms with Crippen molar-refractivity contribution < 1.29 is 33.7 Å². The number of carbonyl (C=O) groups is 3. The molecular formula is C32H40N4O7. The van der Waals surface area contributed by atoms with Gasteiger partial charge in [0.2, 0.25) is 5.91 Å². The molecule has 0 aromatic heterocycles. The molecule has 4 N–H and O–H groups in total. The molecule has 2 unspecified atom stereocenters. The Morgan fingerprint density at radius 3 is 2.09 bits per heavy atom. The van der Waals surface area contributed by atoms with Gasteiger partial charge in [0.1, 0.15) is 5.75 Å². The summed E-state index contributed by atoms with van der Waals surface area (Å²) in [5.41, 5.74) is 3.62. The van der Waals surface area contributed by atoms with Crippen molar-refractivity contribution >= 4 is 29.3 Å². The lowest BCUT2D eigenvalue weighted by Crippen LogP contribution is -2.32. The summed E-state index contributed by atoms with van der Waals surface area (Å²) in [5.74, 6) is 0.328. The molecule has 0 fully saturated rings. The summed E-state index contributed by atoms with van der Waals surface area (Å²) in [6, 6.07) is 16.8. The third-order valence-electron chi connectivity index (χ3n) is 7.11. The van der Waals surface area contributed by atoms with E-state index in [9.17, 15) is 19.5 Å². The Morgan fingerprint density at radius 2 is 1.47 bits per heavy atom. The number of anilines is 2. The molecule has 3 aromatic carbocycles. The number of carboxylic acid groups (broad SMARTS) is 1. The van der Waals surface area contributed by atoms with Gasteiger partial charge in [-0.05, 0) is 67.4 Å².